The lowest BCUT2D eigenvalue weighted by molar-refractivity contribution is -0.129. The zero-order valence-electron chi connectivity index (χ0n) is 19.1. The van der Waals surface area contributed by atoms with E-state index in [0.29, 0.717) is 25.8 Å². The number of carbonyl (C=O) groups is 2. The van der Waals surface area contributed by atoms with Crippen LogP contribution in [0.1, 0.15) is 57.9 Å². The summed E-state index contributed by atoms with van der Waals surface area (Å²) in [5, 5.41) is 20.8. The van der Waals surface area contributed by atoms with E-state index in [0.717, 1.165) is 29.8 Å². The summed E-state index contributed by atoms with van der Waals surface area (Å²) in [6, 6.07) is 7.73. The Labute approximate surface area is 193 Å². The Morgan fingerprint density at radius 2 is 2.09 bits per heavy atom. The first kappa shape index (κ1) is 22.1. The molecular formula is C24H31FN6O2. The second-order valence-corrected chi connectivity index (χ2v) is 10.3. The molecule has 4 aliphatic rings. The normalized spacial score (nSPS) is 35.2. The van der Waals surface area contributed by atoms with Gasteiger partial charge >= 0.3 is 0 Å². The van der Waals surface area contributed by atoms with Crippen LogP contribution in [0.15, 0.2) is 18.2 Å². The lowest BCUT2D eigenvalue weighted by Crippen LogP contribution is -2.63. The smallest absolute Gasteiger partial charge is 0.234 e. The van der Waals surface area contributed by atoms with Crippen molar-refractivity contribution in [1.82, 2.24) is 15.8 Å². The summed E-state index contributed by atoms with van der Waals surface area (Å²) in [5.41, 5.74) is 4.34. The van der Waals surface area contributed by atoms with Crippen molar-refractivity contribution in [2.24, 2.45) is 5.92 Å². The molecule has 8 nitrogen and oxygen atoms in total. The zero-order valence-corrected chi connectivity index (χ0v) is 19.1. The van der Waals surface area contributed by atoms with Gasteiger partial charge in [0.1, 0.15) is 12.3 Å². The fraction of sp³-hybridized carbons (Fsp3) is 0.625. The average Bonchev–Trinajstić information content (AvgIpc) is 3.25. The molecule has 0 bridgehead atoms. The molecule has 9 heteroatoms. The van der Waals surface area contributed by atoms with Gasteiger partial charge in [-0.1, -0.05) is 18.9 Å². The minimum atomic E-state index is -1.12. The van der Waals surface area contributed by atoms with Gasteiger partial charge in [-0.25, -0.2) is 14.8 Å². The van der Waals surface area contributed by atoms with Crippen molar-refractivity contribution < 1.29 is 14.0 Å². The van der Waals surface area contributed by atoms with Crippen LogP contribution < -0.4 is 21.4 Å². The molecule has 1 aromatic rings. The van der Waals surface area contributed by atoms with Gasteiger partial charge in [0.25, 0.3) is 0 Å². The fourth-order valence-electron chi connectivity index (χ4n) is 6.12. The summed E-state index contributed by atoms with van der Waals surface area (Å²) in [5.74, 6) is -0.549. The molecule has 4 N–H and O–H groups in total. The van der Waals surface area contributed by atoms with Crippen molar-refractivity contribution in [1.29, 1.82) is 5.26 Å². The summed E-state index contributed by atoms with van der Waals surface area (Å²) in [4.78, 5) is 25.3. The number of nitrogens with zero attached hydrogens (tertiary/aromatic N) is 2. The molecule has 1 saturated carbocycles. The predicted molar refractivity (Wildman–Crippen MR) is 122 cm³/mol. The second kappa shape index (κ2) is 7.96. The number of hydrogen-bond acceptors (Lipinski definition) is 6. The molecule has 3 heterocycles. The van der Waals surface area contributed by atoms with Gasteiger partial charge in [-0.15, -0.1) is 0 Å². The van der Waals surface area contributed by atoms with Crippen molar-refractivity contribution >= 4 is 23.2 Å². The number of carbonyl (C=O) groups excluding carboxylic acids is 2. The van der Waals surface area contributed by atoms with Crippen molar-refractivity contribution in [2.75, 3.05) is 17.2 Å². The van der Waals surface area contributed by atoms with E-state index >= 15 is 4.39 Å². The quantitative estimate of drug-likeness (QED) is 0.557. The first-order valence-corrected chi connectivity index (χ1v) is 11.8. The highest BCUT2D eigenvalue weighted by Gasteiger charge is 2.57. The number of hydrogen-bond donors (Lipinski definition) is 4. The van der Waals surface area contributed by atoms with Crippen LogP contribution in [0, 0.1) is 17.2 Å². The highest BCUT2D eigenvalue weighted by atomic mass is 19.1. The number of hydrazine groups is 1. The third-order valence-corrected chi connectivity index (χ3v) is 8.02. The summed E-state index contributed by atoms with van der Waals surface area (Å²) in [7, 11) is 0. The molecule has 33 heavy (non-hydrogen) atoms. The minimum Gasteiger partial charge on any atom is -0.368 e. The predicted octanol–water partition coefficient (Wildman–Crippen LogP) is 2.54. The number of benzene rings is 1. The van der Waals surface area contributed by atoms with Gasteiger partial charge < -0.3 is 16.0 Å². The van der Waals surface area contributed by atoms with Crippen LogP contribution in [0.3, 0.4) is 0 Å². The SMILES string of the molecule is CC1(C)C(=O)Nc2cc(NC3NN([C@@]4(CC#N)CCCC[C@H]4F)C4CCNC(=O)C34)ccc21. The number of anilines is 2. The maximum Gasteiger partial charge on any atom is 0.234 e. The molecular weight excluding hydrogens is 423 g/mol. The largest absolute Gasteiger partial charge is 0.368 e. The van der Waals surface area contributed by atoms with E-state index in [1.165, 1.54) is 0 Å². The molecule has 5 rings (SSSR count). The molecule has 3 unspecified atom stereocenters. The van der Waals surface area contributed by atoms with Crippen LogP contribution >= 0.6 is 0 Å². The Kier molecular flexibility index (Phi) is 5.33. The van der Waals surface area contributed by atoms with Gasteiger partial charge in [0.15, 0.2) is 0 Å². The van der Waals surface area contributed by atoms with Crippen molar-refractivity contribution in [3.8, 4) is 6.07 Å². The van der Waals surface area contributed by atoms with E-state index in [1.54, 1.807) is 0 Å². The van der Waals surface area contributed by atoms with Crippen molar-refractivity contribution in [3.05, 3.63) is 23.8 Å². The minimum absolute atomic E-state index is 0.0451. The van der Waals surface area contributed by atoms with E-state index in [4.69, 9.17) is 0 Å². The molecule has 0 radical (unpaired) electrons. The van der Waals surface area contributed by atoms with Gasteiger partial charge in [-0.3, -0.25) is 9.59 Å². The first-order valence-electron chi connectivity index (χ1n) is 11.8. The molecule has 1 aliphatic carbocycles. The number of nitrogens with one attached hydrogen (secondary N) is 4. The molecule has 176 valence electrons. The summed E-state index contributed by atoms with van der Waals surface area (Å²) in [6.45, 7) is 4.31. The summed E-state index contributed by atoms with van der Waals surface area (Å²) in [6.07, 6.45) is 1.89. The number of amides is 2. The number of fused-ring (bicyclic) bond motifs is 2. The molecule has 1 aromatic carbocycles. The van der Waals surface area contributed by atoms with Gasteiger partial charge in [0.2, 0.25) is 11.8 Å². The van der Waals surface area contributed by atoms with Crippen LogP contribution in [0.5, 0.6) is 0 Å². The Balaban J connectivity index is 1.45. The highest BCUT2D eigenvalue weighted by Crippen LogP contribution is 2.44. The molecule has 0 aromatic heterocycles. The summed E-state index contributed by atoms with van der Waals surface area (Å²) < 4.78 is 15.4. The fourth-order valence-corrected chi connectivity index (χ4v) is 6.12. The van der Waals surface area contributed by atoms with E-state index in [2.05, 4.69) is 27.4 Å². The number of halogens is 1. The maximum atomic E-state index is 15.4. The number of alkyl halides is 1. The average molecular weight is 455 g/mol. The van der Waals surface area contributed by atoms with Crippen molar-refractivity contribution in [3.63, 3.8) is 0 Å². The Morgan fingerprint density at radius 1 is 1.27 bits per heavy atom. The maximum absolute atomic E-state index is 15.4. The van der Waals surface area contributed by atoms with Gasteiger partial charge in [0, 0.05) is 24.0 Å². The molecule has 2 saturated heterocycles. The molecule has 3 fully saturated rings. The molecule has 0 spiro atoms. The van der Waals surface area contributed by atoms with Crippen LogP contribution in [0.25, 0.3) is 0 Å². The van der Waals surface area contributed by atoms with Crippen LogP contribution in [-0.2, 0) is 15.0 Å². The lowest BCUT2D eigenvalue weighted by Gasteiger charge is -2.48. The van der Waals surface area contributed by atoms with Crippen LogP contribution in [0.4, 0.5) is 15.8 Å². The number of rotatable bonds is 4. The highest BCUT2D eigenvalue weighted by molar-refractivity contribution is 6.06. The molecule has 3 aliphatic heterocycles. The lowest BCUT2D eigenvalue weighted by atomic mass is 9.76. The third kappa shape index (κ3) is 3.39. The van der Waals surface area contributed by atoms with E-state index in [9.17, 15) is 14.9 Å². The number of nitriles is 1. The standard InChI is InChI=1S/C24H31FN6O2/c1-23(2)15-7-6-14(13-16(15)29-22(23)33)28-20-19-17(8-12-27-21(19)32)31(30-20)24(10-11-26)9-4-3-5-18(24)25/h6-7,13,17-20,28,30H,3-5,8-10,12H2,1-2H3,(H,27,32)(H,29,33)/t17?,18-,19?,20?,24-/m1/s1. The zero-order chi connectivity index (χ0) is 23.4. The summed E-state index contributed by atoms with van der Waals surface area (Å²) >= 11 is 0. The second-order valence-electron chi connectivity index (χ2n) is 10.3. The Morgan fingerprint density at radius 3 is 2.85 bits per heavy atom. The Hall–Kier alpha value is -2.70. The van der Waals surface area contributed by atoms with E-state index < -0.39 is 29.2 Å². The molecule has 2 amide bonds. The topological polar surface area (TPSA) is 109 Å². The van der Waals surface area contributed by atoms with Gasteiger partial charge in [0.05, 0.1) is 29.4 Å². The van der Waals surface area contributed by atoms with E-state index in [-0.39, 0.29) is 24.3 Å². The Bertz CT molecular complexity index is 1020. The third-order valence-electron chi connectivity index (χ3n) is 8.02. The first-order chi connectivity index (χ1) is 15.8. The van der Waals surface area contributed by atoms with Gasteiger partial charge in [-0.2, -0.15) is 5.26 Å². The molecule has 5 atom stereocenters. The van der Waals surface area contributed by atoms with Gasteiger partial charge in [-0.05, 0) is 50.8 Å². The van der Waals surface area contributed by atoms with E-state index in [1.807, 2.05) is 37.1 Å². The van der Waals surface area contributed by atoms with Crippen LogP contribution in [-0.4, -0.2) is 47.3 Å². The van der Waals surface area contributed by atoms with Crippen molar-refractivity contribution in [2.45, 2.75) is 81.7 Å². The number of piperidine rings is 1. The van der Waals surface area contributed by atoms with Crippen LogP contribution in [0.2, 0.25) is 0 Å². The monoisotopic (exact) mass is 454 g/mol.